The van der Waals surface area contributed by atoms with Crippen molar-refractivity contribution in [2.45, 2.75) is 0 Å². The second-order valence-electron chi connectivity index (χ2n) is 2.26. The minimum atomic E-state index is -1.51. The third-order valence-corrected chi connectivity index (χ3v) is 1.40. The van der Waals surface area contributed by atoms with Gasteiger partial charge in [-0.2, -0.15) is 18.9 Å². The largest absolute Gasteiger partial charge is 0.476 e. The van der Waals surface area contributed by atoms with E-state index in [0.29, 0.717) is 0 Å². The number of nitrogens with zero attached hydrogens (tertiary/aromatic N) is 2. The summed E-state index contributed by atoms with van der Waals surface area (Å²) in [6.45, 7) is 0. The van der Waals surface area contributed by atoms with Crippen LogP contribution in [0, 0.1) is 11.9 Å². The molecule has 1 aromatic heterocycles. The summed E-state index contributed by atoms with van der Waals surface area (Å²) >= 11 is 0. The molecule has 0 aliphatic rings. The molecule has 14 heavy (non-hydrogen) atoms. The van der Waals surface area contributed by atoms with Gasteiger partial charge in [0.25, 0.3) is 0 Å². The van der Waals surface area contributed by atoms with Gasteiger partial charge in [0.05, 0.1) is 5.56 Å². The van der Waals surface area contributed by atoms with Gasteiger partial charge in [-0.3, -0.25) is 0 Å². The topological polar surface area (TPSA) is 88.6 Å². The third kappa shape index (κ3) is 1.82. The van der Waals surface area contributed by atoms with Crippen LogP contribution < -0.4 is 5.84 Å². The molecule has 0 saturated carbocycles. The van der Waals surface area contributed by atoms with E-state index >= 15 is 0 Å². The fraction of sp³-hybridized carbons (Fsp3) is 0. The average molecular weight is 201 g/mol. The van der Waals surface area contributed by atoms with Gasteiger partial charge in [0.15, 0.2) is 5.71 Å². The van der Waals surface area contributed by atoms with Crippen LogP contribution >= 0.6 is 0 Å². The highest BCUT2D eigenvalue weighted by Crippen LogP contribution is 2.07. The van der Waals surface area contributed by atoms with E-state index < -0.39 is 29.1 Å². The van der Waals surface area contributed by atoms with Crippen molar-refractivity contribution in [2.24, 2.45) is 10.9 Å². The van der Waals surface area contributed by atoms with Crippen molar-refractivity contribution in [3.05, 3.63) is 29.6 Å². The van der Waals surface area contributed by atoms with Crippen molar-refractivity contribution >= 4 is 11.7 Å². The van der Waals surface area contributed by atoms with Gasteiger partial charge in [-0.1, -0.05) is 0 Å². The number of carboxylic acid groups (broad SMARTS) is 1. The van der Waals surface area contributed by atoms with Gasteiger partial charge in [0, 0.05) is 0 Å². The number of hydrogen-bond acceptors (Lipinski definition) is 4. The van der Waals surface area contributed by atoms with E-state index in [2.05, 4.69) is 10.1 Å². The van der Waals surface area contributed by atoms with Crippen molar-refractivity contribution in [1.29, 1.82) is 0 Å². The summed E-state index contributed by atoms with van der Waals surface area (Å²) in [5.74, 6) is 0.902. The Morgan fingerprint density at radius 2 is 2.14 bits per heavy atom. The Kier molecular flexibility index (Phi) is 2.70. The maximum Gasteiger partial charge on any atom is 0.357 e. The second kappa shape index (κ2) is 3.77. The number of carbonyl (C=O) groups is 1. The van der Waals surface area contributed by atoms with E-state index in [4.69, 9.17) is 10.9 Å². The van der Waals surface area contributed by atoms with E-state index in [1.165, 1.54) is 0 Å². The number of rotatable bonds is 2. The fourth-order valence-electron chi connectivity index (χ4n) is 0.829. The molecular formula is C7H5F2N3O2. The van der Waals surface area contributed by atoms with Crippen molar-refractivity contribution in [2.75, 3.05) is 0 Å². The molecule has 0 radical (unpaired) electrons. The number of aromatic nitrogens is 1. The van der Waals surface area contributed by atoms with Gasteiger partial charge in [0.1, 0.15) is 0 Å². The zero-order chi connectivity index (χ0) is 10.7. The van der Waals surface area contributed by atoms with E-state index in [9.17, 15) is 13.6 Å². The molecule has 5 nitrogen and oxygen atoms in total. The lowest BCUT2D eigenvalue weighted by atomic mass is 10.2. The SMILES string of the molecule is N/N=C(\C(=O)O)c1ccc(F)nc1F. The van der Waals surface area contributed by atoms with E-state index in [1.54, 1.807) is 0 Å². The monoisotopic (exact) mass is 201 g/mol. The Morgan fingerprint density at radius 1 is 1.50 bits per heavy atom. The molecule has 74 valence electrons. The predicted molar refractivity (Wildman–Crippen MR) is 42.5 cm³/mol. The zero-order valence-electron chi connectivity index (χ0n) is 6.74. The van der Waals surface area contributed by atoms with Crippen LogP contribution in [-0.4, -0.2) is 21.8 Å². The molecule has 0 aliphatic carbocycles. The van der Waals surface area contributed by atoms with Crippen LogP contribution in [0.3, 0.4) is 0 Å². The van der Waals surface area contributed by atoms with E-state index in [-0.39, 0.29) is 0 Å². The van der Waals surface area contributed by atoms with E-state index in [1.807, 2.05) is 0 Å². The average Bonchev–Trinajstić information content (AvgIpc) is 2.09. The molecule has 7 heteroatoms. The smallest absolute Gasteiger partial charge is 0.357 e. The summed E-state index contributed by atoms with van der Waals surface area (Å²) in [6, 6.07) is 1.71. The molecule has 0 amide bonds. The number of pyridine rings is 1. The molecule has 0 saturated heterocycles. The minimum absolute atomic E-state index is 0.457. The molecule has 1 rings (SSSR count). The lowest BCUT2D eigenvalue weighted by Gasteiger charge is -2.00. The number of aliphatic carboxylic acids is 1. The maximum atomic E-state index is 12.9. The summed E-state index contributed by atoms with van der Waals surface area (Å²) in [7, 11) is 0. The highest BCUT2D eigenvalue weighted by Gasteiger charge is 2.18. The number of nitrogens with two attached hydrogens (primary N) is 1. The molecule has 0 unspecified atom stereocenters. The second-order valence-corrected chi connectivity index (χ2v) is 2.26. The fourth-order valence-corrected chi connectivity index (χ4v) is 0.829. The quantitative estimate of drug-likeness (QED) is 0.307. The van der Waals surface area contributed by atoms with Gasteiger partial charge < -0.3 is 10.9 Å². The van der Waals surface area contributed by atoms with Gasteiger partial charge >= 0.3 is 5.97 Å². The summed E-state index contributed by atoms with van der Waals surface area (Å²) in [4.78, 5) is 13.3. The molecule has 1 heterocycles. The first-order valence-corrected chi connectivity index (χ1v) is 3.40. The predicted octanol–water partition coefficient (Wildman–Crippen LogP) is 0.107. The molecular weight excluding hydrogens is 196 g/mol. The van der Waals surface area contributed by atoms with Crippen LogP contribution in [0.15, 0.2) is 17.2 Å². The van der Waals surface area contributed by atoms with Crippen molar-refractivity contribution < 1.29 is 18.7 Å². The highest BCUT2D eigenvalue weighted by molar-refractivity contribution is 6.42. The van der Waals surface area contributed by atoms with Crippen LogP contribution in [0.5, 0.6) is 0 Å². The Morgan fingerprint density at radius 3 is 2.57 bits per heavy atom. The van der Waals surface area contributed by atoms with Gasteiger partial charge in [0.2, 0.25) is 11.9 Å². The van der Waals surface area contributed by atoms with Crippen molar-refractivity contribution in [3.8, 4) is 0 Å². The molecule has 1 aromatic rings. The van der Waals surface area contributed by atoms with Crippen LogP contribution in [0.25, 0.3) is 0 Å². The third-order valence-electron chi connectivity index (χ3n) is 1.40. The van der Waals surface area contributed by atoms with E-state index in [0.717, 1.165) is 12.1 Å². The summed E-state index contributed by atoms with van der Waals surface area (Å²) in [5.41, 5.74) is -1.17. The molecule has 0 fully saturated rings. The normalized spacial score (nSPS) is 11.4. The summed E-state index contributed by atoms with van der Waals surface area (Å²) in [5, 5.41) is 11.4. The molecule has 0 spiro atoms. The van der Waals surface area contributed by atoms with Crippen molar-refractivity contribution in [3.63, 3.8) is 0 Å². The first-order valence-electron chi connectivity index (χ1n) is 3.40. The first-order chi connectivity index (χ1) is 6.56. The van der Waals surface area contributed by atoms with Gasteiger partial charge in [-0.05, 0) is 12.1 Å². The van der Waals surface area contributed by atoms with Crippen molar-refractivity contribution in [1.82, 2.24) is 4.98 Å². The molecule has 0 aromatic carbocycles. The Bertz CT molecular complexity index is 406. The number of halogens is 2. The van der Waals surface area contributed by atoms with Crippen LogP contribution in [0.4, 0.5) is 8.78 Å². The van der Waals surface area contributed by atoms with Crippen LogP contribution in [0.2, 0.25) is 0 Å². The molecule has 0 atom stereocenters. The zero-order valence-corrected chi connectivity index (χ0v) is 6.74. The van der Waals surface area contributed by atoms with Crippen LogP contribution in [0.1, 0.15) is 5.56 Å². The minimum Gasteiger partial charge on any atom is -0.476 e. The molecule has 0 aliphatic heterocycles. The number of hydrazone groups is 1. The standard InChI is InChI=1S/C7H5F2N3O2/c8-4-2-1-3(6(9)11-4)5(12-10)7(13)14/h1-2H,10H2,(H,13,14)/b12-5-. The van der Waals surface area contributed by atoms with Gasteiger partial charge in [-0.15, -0.1) is 0 Å². The summed E-state index contributed by atoms with van der Waals surface area (Å²) in [6.07, 6.45) is 0. The molecule has 0 bridgehead atoms. The number of carboxylic acids is 1. The Balaban J connectivity index is 3.25. The lowest BCUT2D eigenvalue weighted by molar-refractivity contribution is -0.129. The Labute approximate surface area is 76.9 Å². The van der Waals surface area contributed by atoms with Gasteiger partial charge in [-0.25, -0.2) is 4.79 Å². The summed E-state index contributed by atoms with van der Waals surface area (Å²) < 4.78 is 25.2. The van der Waals surface area contributed by atoms with Crippen LogP contribution in [-0.2, 0) is 4.79 Å². The number of hydrogen-bond donors (Lipinski definition) is 2. The Hall–Kier alpha value is -2.05. The molecule has 3 N–H and O–H groups in total. The lowest BCUT2D eigenvalue weighted by Crippen LogP contribution is -2.18. The maximum absolute atomic E-state index is 12.9. The highest BCUT2D eigenvalue weighted by atomic mass is 19.1. The first kappa shape index (κ1) is 10.0.